The van der Waals surface area contributed by atoms with E-state index in [2.05, 4.69) is 15.6 Å². The fourth-order valence-corrected chi connectivity index (χ4v) is 5.39. The molecule has 12 heteroatoms. The van der Waals surface area contributed by atoms with Crippen molar-refractivity contribution >= 4 is 29.2 Å². The minimum atomic E-state index is -2.86. The third kappa shape index (κ3) is 5.67. The molecule has 206 valence electrons. The van der Waals surface area contributed by atoms with E-state index in [0.29, 0.717) is 19.3 Å². The van der Waals surface area contributed by atoms with Crippen LogP contribution in [0.15, 0.2) is 36.5 Å². The molecule has 1 aromatic heterocycles. The number of benzene rings is 1. The van der Waals surface area contributed by atoms with Crippen molar-refractivity contribution in [2.45, 2.75) is 76.1 Å². The van der Waals surface area contributed by atoms with Crippen LogP contribution in [0.4, 0.5) is 23.4 Å². The van der Waals surface area contributed by atoms with Crippen LogP contribution in [0.25, 0.3) is 0 Å². The van der Waals surface area contributed by atoms with E-state index in [1.807, 2.05) is 4.90 Å². The molecule has 3 heterocycles. The first kappa shape index (κ1) is 27.9. The Bertz CT molecular complexity index is 1190. The van der Waals surface area contributed by atoms with Crippen LogP contribution in [0, 0.1) is 0 Å². The molecular formula is C26H29ClF4N4O3. The predicted octanol–water partition coefficient (Wildman–Crippen LogP) is 5.49. The summed E-state index contributed by atoms with van der Waals surface area (Å²) in [7, 11) is 0. The molecule has 2 N–H and O–H groups in total. The number of carbonyl (C=O) groups excluding carboxylic acids is 2. The van der Waals surface area contributed by atoms with Crippen molar-refractivity contribution < 1.29 is 31.9 Å². The van der Waals surface area contributed by atoms with Gasteiger partial charge in [-0.3, -0.25) is 9.59 Å². The SMILES string of the molecule is CC(C)(Oc1ccc(Cl)cc1C(F)F)C(=O)NC12CCCC(CC1)N2c1ncccc1C(=O)NCC(F)F. The van der Waals surface area contributed by atoms with E-state index < -0.39 is 48.0 Å². The molecule has 0 saturated carbocycles. The van der Waals surface area contributed by atoms with Crippen molar-refractivity contribution in [2.75, 3.05) is 11.4 Å². The number of carbonyl (C=O) groups is 2. The minimum absolute atomic E-state index is 0.0358. The first-order chi connectivity index (χ1) is 17.9. The molecule has 2 atom stereocenters. The zero-order chi connectivity index (χ0) is 27.7. The largest absolute Gasteiger partial charge is 0.478 e. The fraction of sp³-hybridized carbons (Fsp3) is 0.500. The van der Waals surface area contributed by atoms with Crippen LogP contribution in [0.5, 0.6) is 5.75 Å². The van der Waals surface area contributed by atoms with E-state index in [-0.39, 0.29) is 28.2 Å². The highest BCUT2D eigenvalue weighted by molar-refractivity contribution is 6.30. The van der Waals surface area contributed by atoms with Crippen molar-refractivity contribution in [3.8, 4) is 5.75 Å². The molecule has 2 aliphatic heterocycles. The van der Waals surface area contributed by atoms with Crippen LogP contribution < -0.4 is 20.3 Å². The van der Waals surface area contributed by atoms with E-state index >= 15 is 0 Å². The van der Waals surface area contributed by atoms with Crippen molar-refractivity contribution in [1.29, 1.82) is 0 Å². The first-order valence-electron chi connectivity index (χ1n) is 12.3. The molecule has 7 nitrogen and oxygen atoms in total. The molecule has 2 unspecified atom stereocenters. The molecule has 38 heavy (non-hydrogen) atoms. The molecule has 2 bridgehead atoms. The number of nitrogens with one attached hydrogen (secondary N) is 2. The van der Waals surface area contributed by atoms with Gasteiger partial charge in [0, 0.05) is 17.3 Å². The highest BCUT2D eigenvalue weighted by atomic mass is 35.5. The second kappa shape index (κ2) is 11.0. The van der Waals surface area contributed by atoms with Gasteiger partial charge in [0.05, 0.1) is 17.7 Å². The lowest BCUT2D eigenvalue weighted by atomic mass is 9.94. The van der Waals surface area contributed by atoms with Gasteiger partial charge in [0.1, 0.15) is 17.2 Å². The summed E-state index contributed by atoms with van der Waals surface area (Å²) >= 11 is 5.86. The van der Waals surface area contributed by atoms with E-state index in [0.717, 1.165) is 18.9 Å². The van der Waals surface area contributed by atoms with Crippen LogP contribution in [0.3, 0.4) is 0 Å². The maximum Gasteiger partial charge on any atom is 0.267 e. The minimum Gasteiger partial charge on any atom is -0.478 e. The van der Waals surface area contributed by atoms with Gasteiger partial charge in [0.25, 0.3) is 24.7 Å². The second-order valence-corrected chi connectivity index (χ2v) is 10.4. The standard InChI is InChI=1S/C26H29ClF4N4O3/c1-25(2,38-19-8-7-15(27)13-18(19)21(30)31)24(37)34-26-10-3-5-16(9-11-26)35(26)22-17(6-4-12-32-22)23(36)33-14-20(28)29/h4,6-8,12-13,16,20-21H,3,5,9-11,14H2,1-2H3,(H,33,36)(H,34,37). The maximum absolute atomic E-state index is 13.6. The molecule has 0 radical (unpaired) electrons. The van der Waals surface area contributed by atoms with Crippen molar-refractivity contribution in [3.05, 3.63) is 52.7 Å². The number of nitrogens with zero attached hydrogens (tertiary/aromatic N) is 2. The Kier molecular flexibility index (Phi) is 8.06. The molecular weight excluding hydrogens is 528 g/mol. The smallest absolute Gasteiger partial charge is 0.267 e. The van der Waals surface area contributed by atoms with Crippen LogP contribution in [0.2, 0.25) is 5.02 Å². The normalized spacial score (nSPS) is 21.1. The number of ether oxygens (including phenoxy) is 1. The van der Waals surface area contributed by atoms with Crippen molar-refractivity contribution in [2.24, 2.45) is 0 Å². The highest BCUT2D eigenvalue weighted by Gasteiger charge is 2.52. The number of alkyl halides is 4. The molecule has 4 rings (SSSR count). The van der Waals surface area contributed by atoms with Crippen LogP contribution in [0.1, 0.15) is 68.3 Å². The Balaban J connectivity index is 1.61. The summed E-state index contributed by atoms with van der Waals surface area (Å²) in [5.74, 6) is -1.10. The summed E-state index contributed by atoms with van der Waals surface area (Å²) in [6, 6.07) is 6.81. The summed E-state index contributed by atoms with van der Waals surface area (Å²) in [4.78, 5) is 32.6. The van der Waals surface area contributed by atoms with Crippen molar-refractivity contribution in [1.82, 2.24) is 15.6 Å². The van der Waals surface area contributed by atoms with Crippen LogP contribution >= 0.6 is 11.6 Å². The zero-order valence-corrected chi connectivity index (χ0v) is 21.7. The molecule has 1 aromatic carbocycles. The lowest BCUT2D eigenvalue weighted by molar-refractivity contribution is -0.136. The highest BCUT2D eigenvalue weighted by Crippen LogP contribution is 2.46. The summed E-state index contributed by atoms with van der Waals surface area (Å²) < 4.78 is 58.4. The summed E-state index contributed by atoms with van der Waals surface area (Å²) in [5.41, 5.74) is -2.77. The Hall–Kier alpha value is -3.08. The van der Waals surface area contributed by atoms with Gasteiger partial charge >= 0.3 is 0 Å². The number of amides is 2. The molecule has 0 aliphatic carbocycles. The quantitative estimate of drug-likeness (QED) is 0.399. The maximum atomic E-state index is 13.6. The van der Waals surface area contributed by atoms with Gasteiger partial charge < -0.3 is 20.3 Å². The number of aromatic nitrogens is 1. The van der Waals surface area contributed by atoms with Crippen LogP contribution in [-0.4, -0.2) is 47.1 Å². The number of rotatable bonds is 9. The Labute approximate surface area is 222 Å². The number of piperidine rings is 1. The summed E-state index contributed by atoms with van der Waals surface area (Å²) in [6.45, 7) is 2.16. The number of hydrogen-bond donors (Lipinski definition) is 2. The molecule has 2 fully saturated rings. The lowest BCUT2D eigenvalue weighted by Gasteiger charge is -2.47. The average molecular weight is 557 g/mol. The number of pyridine rings is 1. The summed E-state index contributed by atoms with van der Waals surface area (Å²) in [5, 5.41) is 5.40. The van der Waals surface area contributed by atoms with E-state index in [1.54, 1.807) is 6.07 Å². The van der Waals surface area contributed by atoms with Gasteiger partial charge in [-0.15, -0.1) is 0 Å². The Morgan fingerprint density at radius 2 is 1.97 bits per heavy atom. The molecule has 2 amide bonds. The molecule has 0 spiro atoms. The number of anilines is 1. The molecule has 2 aliphatic rings. The van der Waals surface area contributed by atoms with Gasteiger partial charge in [-0.2, -0.15) is 0 Å². The summed E-state index contributed by atoms with van der Waals surface area (Å²) in [6.07, 6.45) is -0.649. The Morgan fingerprint density at radius 1 is 1.21 bits per heavy atom. The number of hydrogen-bond acceptors (Lipinski definition) is 5. The van der Waals surface area contributed by atoms with Gasteiger partial charge in [-0.05, 0) is 76.3 Å². The molecule has 2 saturated heterocycles. The van der Waals surface area contributed by atoms with E-state index in [4.69, 9.17) is 16.3 Å². The molecule has 2 aromatic rings. The Morgan fingerprint density at radius 3 is 2.68 bits per heavy atom. The first-order valence-corrected chi connectivity index (χ1v) is 12.7. The number of halogens is 5. The van der Waals surface area contributed by atoms with Gasteiger partial charge in [-0.1, -0.05) is 11.6 Å². The lowest BCUT2D eigenvalue weighted by Crippen LogP contribution is -2.65. The van der Waals surface area contributed by atoms with Gasteiger partial charge in [0.2, 0.25) is 0 Å². The predicted molar refractivity (Wildman–Crippen MR) is 134 cm³/mol. The fourth-order valence-electron chi connectivity index (χ4n) is 5.21. The third-order valence-corrected chi connectivity index (χ3v) is 7.22. The van der Waals surface area contributed by atoms with Crippen LogP contribution in [-0.2, 0) is 4.79 Å². The third-order valence-electron chi connectivity index (χ3n) is 6.99. The second-order valence-electron chi connectivity index (χ2n) is 10.0. The van der Waals surface area contributed by atoms with Crippen molar-refractivity contribution in [3.63, 3.8) is 0 Å². The monoisotopic (exact) mass is 556 g/mol. The topological polar surface area (TPSA) is 83.6 Å². The zero-order valence-electron chi connectivity index (χ0n) is 20.9. The van der Waals surface area contributed by atoms with Gasteiger partial charge in [-0.25, -0.2) is 22.5 Å². The average Bonchev–Trinajstić information content (AvgIpc) is 3.07. The van der Waals surface area contributed by atoms with E-state index in [1.165, 1.54) is 38.2 Å². The van der Waals surface area contributed by atoms with Gasteiger partial charge in [0.15, 0.2) is 5.60 Å². The number of fused-ring (bicyclic) bond motifs is 2. The van der Waals surface area contributed by atoms with E-state index in [9.17, 15) is 27.2 Å².